The fraction of sp³-hybridized carbons (Fsp3) is 0.292. The number of nitrogens with one attached hydrogen (secondary N) is 2. The van der Waals surface area contributed by atoms with Gasteiger partial charge in [-0.15, -0.1) is 11.8 Å². The summed E-state index contributed by atoms with van der Waals surface area (Å²) in [6, 6.07) is 8.14. The molecular weight excluding hydrogens is 461 g/mol. The fourth-order valence-electron chi connectivity index (χ4n) is 3.79. The predicted molar refractivity (Wildman–Crippen MR) is 134 cm³/mol. The van der Waals surface area contributed by atoms with Crippen molar-refractivity contribution in [3.63, 3.8) is 0 Å². The second-order valence-corrected chi connectivity index (χ2v) is 9.05. The van der Waals surface area contributed by atoms with Gasteiger partial charge in [0.25, 0.3) is 0 Å². The van der Waals surface area contributed by atoms with Gasteiger partial charge < -0.3 is 10.6 Å². The maximum atomic E-state index is 13.5. The molecule has 0 saturated carbocycles. The molecule has 3 aromatic rings. The van der Waals surface area contributed by atoms with Gasteiger partial charge in [-0.25, -0.2) is 14.4 Å². The van der Waals surface area contributed by atoms with Crippen LogP contribution in [0.5, 0.6) is 0 Å². The lowest BCUT2D eigenvalue weighted by molar-refractivity contribution is -0.111. The molecule has 1 aliphatic rings. The molecule has 1 aromatic heterocycles. The molecule has 1 amide bonds. The van der Waals surface area contributed by atoms with E-state index < -0.39 is 5.82 Å². The number of fused-ring (bicyclic) bond motifs is 1. The Morgan fingerprint density at radius 3 is 2.79 bits per heavy atom. The van der Waals surface area contributed by atoms with Gasteiger partial charge in [0.05, 0.1) is 16.2 Å². The molecule has 2 aromatic carbocycles. The molecule has 0 radical (unpaired) electrons. The van der Waals surface area contributed by atoms with E-state index in [2.05, 4.69) is 25.5 Å². The van der Waals surface area contributed by atoms with Crippen LogP contribution in [0.4, 0.5) is 21.6 Å². The van der Waals surface area contributed by atoms with Crippen molar-refractivity contribution in [1.29, 1.82) is 0 Å². The van der Waals surface area contributed by atoms with E-state index in [-0.39, 0.29) is 10.9 Å². The molecule has 0 atom stereocenters. The SMILES string of the molecule is CSc1cc2ncnc(Nc3ccc(F)c(Cl)c3)c2cc1NC(=O)/C=C/CN1CCCCC1. The van der Waals surface area contributed by atoms with Crippen LogP contribution in [-0.4, -0.2) is 46.7 Å². The molecule has 0 spiro atoms. The quantitative estimate of drug-likeness (QED) is 0.322. The summed E-state index contributed by atoms with van der Waals surface area (Å²) in [6.07, 6.45) is 10.6. The highest BCUT2D eigenvalue weighted by Gasteiger charge is 2.13. The number of rotatable bonds is 7. The van der Waals surface area contributed by atoms with Gasteiger partial charge in [0.15, 0.2) is 0 Å². The first-order chi connectivity index (χ1) is 16.0. The van der Waals surface area contributed by atoms with Crippen LogP contribution in [0.25, 0.3) is 10.9 Å². The summed E-state index contributed by atoms with van der Waals surface area (Å²) in [4.78, 5) is 24.5. The molecule has 6 nitrogen and oxygen atoms in total. The lowest BCUT2D eigenvalue weighted by Crippen LogP contribution is -2.29. The van der Waals surface area contributed by atoms with Crippen LogP contribution in [0.2, 0.25) is 5.02 Å². The topological polar surface area (TPSA) is 70.1 Å². The van der Waals surface area contributed by atoms with E-state index >= 15 is 0 Å². The molecule has 4 rings (SSSR count). The number of carbonyl (C=O) groups is 1. The second-order valence-electron chi connectivity index (χ2n) is 7.80. The van der Waals surface area contributed by atoms with E-state index in [0.717, 1.165) is 35.4 Å². The van der Waals surface area contributed by atoms with Crippen molar-refractivity contribution in [2.45, 2.75) is 24.2 Å². The Morgan fingerprint density at radius 2 is 2.03 bits per heavy atom. The number of hydrogen-bond acceptors (Lipinski definition) is 6. The molecule has 2 N–H and O–H groups in total. The number of benzene rings is 2. The molecule has 0 aliphatic carbocycles. The van der Waals surface area contributed by atoms with Gasteiger partial charge >= 0.3 is 0 Å². The van der Waals surface area contributed by atoms with Crippen molar-refractivity contribution in [3.8, 4) is 0 Å². The smallest absolute Gasteiger partial charge is 0.248 e. The van der Waals surface area contributed by atoms with Crippen LogP contribution in [0.1, 0.15) is 19.3 Å². The zero-order valence-electron chi connectivity index (χ0n) is 18.3. The van der Waals surface area contributed by atoms with Crippen molar-refractivity contribution >= 4 is 57.4 Å². The van der Waals surface area contributed by atoms with E-state index in [4.69, 9.17) is 11.6 Å². The Bertz CT molecular complexity index is 1180. The van der Waals surface area contributed by atoms with Gasteiger partial charge in [0.1, 0.15) is 18.0 Å². The molecule has 172 valence electrons. The zero-order chi connectivity index (χ0) is 23.2. The summed E-state index contributed by atoms with van der Waals surface area (Å²) in [6.45, 7) is 2.95. The van der Waals surface area contributed by atoms with E-state index in [1.165, 1.54) is 49.5 Å². The monoisotopic (exact) mass is 485 g/mol. The van der Waals surface area contributed by atoms with Gasteiger partial charge in [-0.05, 0) is 62.5 Å². The van der Waals surface area contributed by atoms with Crippen molar-refractivity contribution in [2.24, 2.45) is 0 Å². The van der Waals surface area contributed by atoms with Gasteiger partial charge in [-0.3, -0.25) is 9.69 Å². The minimum Gasteiger partial charge on any atom is -0.340 e. The van der Waals surface area contributed by atoms with Gasteiger partial charge in [0.2, 0.25) is 5.91 Å². The molecule has 1 fully saturated rings. The molecule has 0 bridgehead atoms. The number of hydrogen-bond donors (Lipinski definition) is 2. The van der Waals surface area contributed by atoms with Gasteiger partial charge in [-0.1, -0.05) is 24.1 Å². The molecular formula is C24H25ClFN5OS. The van der Waals surface area contributed by atoms with Crippen LogP contribution >= 0.6 is 23.4 Å². The third-order valence-electron chi connectivity index (χ3n) is 5.48. The number of anilines is 3. The van der Waals surface area contributed by atoms with Crippen LogP contribution in [0.3, 0.4) is 0 Å². The van der Waals surface area contributed by atoms with Gasteiger partial charge in [-0.2, -0.15) is 0 Å². The number of nitrogens with zero attached hydrogens (tertiary/aromatic N) is 3. The highest BCUT2D eigenvalue weighted by atomic mass is 35.5. The number of halogens is 2. The molecule has 1 saturated heterocycles. The maximum Gasteiger partial charge on any atom is 0.248 e. The lowest BCUT2D eigenvalue weighted by atomic mass is 10.1. The minimum atomic E-state index is -0.488. The van der Waals surface area contributed by atoms with Crippen molar-refractivity contribution in [3.05, 3.63) is 59.7 Å². The molecule has 0 unspecified atom stereocenters. The van der Waals surface area contributed by atoms with Crippen molar-refractivity contribution in [1.82, 2.24) is 14.9 Å². The summed E-state index contributed by atoms with van der Waals surface area (Å²) in [5.74, 6) is -0.137. The Balaban J connectivity index is 1.55. The average Bonchev–Trinajstić information content (AvgIpc) is 2.82. The number of amides is 1. The van der Waals surface area contributed by atoms with Crippen LogP contribution in [0, 0.1) is 5.82 Å². The maximum absolute atomic E-state index is 13.5. The van der Waals surface area contributed by atoms with Crippen LogP contribution in [0.15, 0.2) is 53.7 Å². The van der Waals surface area contributed by atoms with E-state index in [0.29, 0.717) is 17.2 Å². The molecule has 1 aliphatic heterocycles. The van der Waals surface area contributed by atoms with E-state index in [1.807, 2.05) is 24.5 Å². The van der Waals surface area contributed by atoms with Crippen molar-refractivity contribution < 1.29 is 9.18 Å². The van der Waals surface area contributed by atoms with E-state index in [9.17, 15) is 9.18 Å². The van der Waals surface area contributed by atoms with Crippen molar-refractivity contribution in [2.75, 3.05) is 36.5 Å². The highest BCUT2D eigenvalue weighted by Crippen LogP contribution is 2.33. The highest BCUT2D eigenvalue weighted by molar-refractivity contribution is 7.98. The van der Waals surface area contributed by atoms with E-state index in [1.54, 1.807) is 12.1 Å². The summed E-state index contributed by atoms with van der Waals surface area (Å²) < 4.78 is 13.5. The molecule has 2 heterocycles. The summed E-state index contributed by atoms with van der Waals surface area (Å²) in [5.41, 5.74) is 2.00. The molecule has 33 heavy (non-hydrogen) atoms. The molecule has 9 heteroatoms. The predicted octanol–water partition coefficient (Wildman–Crippen LogP) is 5.87. The summed E-state index contributed by atoms with van der Waals surface area (Å²) in [5, 5.41) is 6.89. The minimum absolute atomic E-state index is 0.0207. The standard InChI is InChI=1S/C24H25ClFN5OS/c1-33-22-14-20-17(24(28-15-27-20)29-16-7-8-19(26)18(25)12-16)13-21(22)30-23(32)6-5-11-31-9-3-2-4-10-31/h5-8,12-15H,2-4,9-11H2,1H3,(H,30,32)(H,27,28,29)/b6-5+. The largest absolute Gasteiger partial charge is 0.340 e. The Labute approximate surface area is 201 Å². The lowest BCUT2D eigenvalue weighted by Gasteiger charge is -2.24. The van der Waals surface area contributed by atoms with Crippen LogP contribution in [-0.2, 0) is 4.79 Å². The van der Waals surface area contributed by atoms with Crippen LogP contribution < -0.4 is 10.6 Å². The summed E-state index contributed by atoms with van der Waals surface area (Å²) in [7, 11) is 0. The first-order valence-electron chi connectivity index (χ1n) is 10.8. The average molecular weight is 486 g/mol. The normalized spacial score (nSPS) is 14.6. The summed E-state index contributed by atoms with van der Waals surface area (Å²) >= 11 is 7.43. The first kappa shape index (κ1) is 23.5. The Hall–Kier alpha value is -2.68. The number of carbonyl (C=O) groups excluding carboxylic acids is 1. The number of likely N-dealkylation sites (tertiary alicyclic amines) is 1. The fourth-order valence-corrected chi connectivity index (χ4v) is 4.53. The number of aromatic nitrogens is 2. The Morgan fingerprint density at radius 1 is 1.21 bits per heavy atom. The number of piperidine rings is 1. The Kier molecular flexibility index (Phi) is 7.80. The second kappa shape index (κ2) is 11.0. The third kappa shape index (κ3) is 6.01. The third-order valence-corrected chi connectivity index (χ3v) is 6.55. The number of thioether (sulfide) groups is 1. The first-order valence-corrected chi connectivity index (χ1v) is 12.4. The zero-order valence-corrected chi connectivity index (χ0v) is 19.8. The van der Waals surface area contributed by atoms with Gasteiger partial charge in [0, 0.05) is 28.6 Å².